The fourth-order valence-corrected chi connectivity index (χ4v) is 2.74. The molecule has 7 nitrogen and oxygen atoms in total. The number of carbonyl (C=O) groups excluding carboxylic acids is 1. The maximum Gasteiger partial charge on any atom is 0.259 e. The summed E-state index contributed by atoms with van der Waals surface area (Å²) in [5, 5.41) is 0. The normalized spacial score (nSPS) is 12.7. The molecule has 0 atom stereocenters. The number of allylic oxidation sites excluding steroid dienone is 1. The first-order chi connectivity index (χ1) is 12.6. The molecule has 0 spiro atoms. The second-order valence-electron chi connectivity index (χ2n) is 5.54. The van der Waals surface area contributed by atoms with Gasteiger partial charge in [0.2, 0.25) is 5.75 Å². The molecule has 1 aromatic heterocycles. The van der Waals surface area contributed by atoms with E-state index in [1.807, 2.05) is 6.08 Å². The minimum atomic E-state index is -0.473. The molecule has 2 aromatic rings. The highest BCUT2D eigenvalue weighted by Crippen LogP contribution is 2.38. The van der Waals surface area contributed by atoms with Crippen LogP contribution in [0.15, 0.2) is 46.5 Å². The van der Waals surface area contributed by atoms with Crippen LogP contribution in [0.2, 0.25) is 0 Å². The topological polar surface area (TPSA) is 90.0 Å². The van der Waals surface area contributed by atoms with Gasteiger partial charge >= 0.3 is 0 Å². The van der Waals surface area contributed by atoms with Crippen molar-refractivity contribution < 1.29 is 19.0 Å². The minimum absolute atomic E-state index is 0.0198. The van der Waals surface area contributed by atoms with Crippen molar-refractivity contribution in [2.75, 3.05) is 21.3 Å². The highest BCUT2D eigenvalue weighted by molar-refractivity contribution is 6.11. The van der Waals surface area contributed by atoms with Crippen LogP contribution in [0.5, 0.6) is 17.2 Å². The van der Waals surface area contributed by atoms with Crippen molar-refractivity contribution >= 4 is 11.5 Å². The maximum atomic E-state index is 12.9. The van der Waals surface area contributed by atoms with E-state index >= 15 is 0 Å². The number of aromatic nitrogens is 1. The van der Waals surface area contributed by atoms with Crippen LogP contribution < -0.4 is 19.8 Å². The van der Waals surface area contributed by atoms with Crippen molar-refractivity contribution in [3.63, 3.8) is 0 Å². The molecule has 26 heavy (non-hydrogen) atoms. The Kier molecular flexibility index (Phi) is 4.88. The Morgan fingerprint density at radius 3 is 2.31 bits per heavy atom. The van der Waals surface area contributed by atoms with Crippen LogP contribution in [0.1, 0.15) is 27.9 Å². The smallest absolute Gasteiger partial charge is 0.259 e. The number of hydrogen-bond donors (Lipinski definition) is 1. The van der Waals surface area contributed by atoms with Crippen LogP contribution in [0.4, 0.5) is 0 Å². The average molecular weight is 354 g/mol. The van der Waals surface area contributed by atoms with Gasteiger partial charge in [-0.15, -0.1) is 0 Å². The van der Waals surface area contributed by atoms with Crippen molar-refractivity contribution in [3.8, 4) is 17.2 Å². The summed E-state index contributed by atoms with van der Waals surface area (Å²) in [5.41, 5.74) is 1.30. The van der Waals surface area contributed by atoms with Gasteiger partial charge < -0.3 is 19.2 Å². The maximum absolute atomic E-state index is 12.9. The number of pyridine rings is 1. The number of H-pyrrole nitrogens is 1. The van der Waals surface area contributed by atoms with E-state index in [-0.39, 0.29) is 11.1 Å². The molecule has 0 amide bonds. The number of carbonyl (C=O) groups is 1. The lowest BCUT2D eigenvalue weighted by Gasteiger charge is -2.13. The minimum Gasteiger partial charge on any atom is -0.493 e. The van der Waals surface area contributed by atoms with Gasteiger partial charge in [0, 0.05) is 29.9 Å². The van der Waals surface area contributed by atoms with Gasteiger partial charge in [0.1, 0.15) is 0 Å². The van der Waals surface area contributed by atoms with Crippen LogP contribution >= 0.6 is 0 Å². The molecule has 1 aromatic carbocycles. The zero-order valence-electron chi connectivity index (χ0n) is 14.7. The molecule has 0 fully saturated rings. The standard InChI is InChI=1S/C19H18N2O5/c1-24-15-8-11(9-16(25-2)18(15)26-3)17(22)13-7-12(10-21-19(13)23)14-5-4-6-20-14/h4,6-10H,5H2,1-3H3,(H,21,23). The van der Waals surface area contributed by atoms with Crippen LogP contribution in [0, 0.1) is 0 Å². The predicted molar refractivity (Wildman–Crippen MR) is 96.9 cm³/mol. The Morgan fingerprint density at radius 2 is 1.77 bits per heavy atom. The Hall–Kier alpha value is -3.35. The molecule has 1 aliphatic rings. The molecule has 0 bridgehead atoms. The third kappa shape index (κ3) is 3.11. The summed E-state index contributed by atoms with van der Waals surface area (Å²) in [4.78, 5) is 32.0. The lowest BCUT2D eigenvalue weighted by Crippen LogP contribution is -2.20. The van der Waals surface area contributed by atoms with Crippen molar-refractivity contribution in [1.29, 1.82) is 0 Å². The number of hydrogen-bond acceptors (Lipinski definition) is 6. The zero-order valence-corrected chi connectivity index (χ0v) is 14.7. The molecule has 1 aliphatic heterocycles. The van der Waals surface area contributed by atoms with Crippen molar-refractivity contribution in [2.24, 2.45) is 4.99 Å². The largest absolute Gasteiger partial charge is 0.493 e. The number of methoxy groups -OCH3 is 3. The van der Waals surface area contributed by atoms with E-state index in [1.54, 1.807) is 18.5 Å². The highest BCUT2D eigenvalue weighted by atomic mass is 16.5. The molecule has 134 valence electrons. The SMILES string of the molecule is COc1cc(C(=O)c2cc(C3=NC=CC3)c[nH]c2=O)cc(OC)c1OC. The third-order valence-electron chi connectivity index (χ3n) is 4.05. The summed E-state index contributed by atoms with van der Waals surface area (Å²) in [5.74, 6) is 0.610. The lowest BCUT2D eigenvalue weighted by molar-refractivity contribution is 0.103. The van der Waals surface area contributed by atoms with Gasteiger partial charge in [0.05, 0.1) is 32.6 Å². The number of rotatable bonds is 6. The fraction of sp³-hybridized carbons (Fsp3) is 0.211. The third-order valence-corrected chi connectivity index (χ3v) is 4.05. The molecule has 1 N–H and O–H groups in total. The lowest BCUT2D eigenvalue weighted by atomic mass is 10.0. The average Bonchev–Trinajstić information content (AvgIpc) is 3.21. The zero-order chi connectivity index (χ0) is 18.7. The van der Waals surface area contributed by atoms with Crippen LogP contribution in [0.3, 0.4) is 0 Å². The molecular weight excluding hydrogens is 336 g/mol. The van der Waals surface area contributed by atoms with Crippen molar-refractivity contribution in [1.82, 2.24) is 4.98 Å². The van der Waals surface area contributed by atoms with Crippen LogP contribution in [-0.2, 0) is 0 Å². The van der Waals surface area contributed by atoms with Gasteiger partial charge in [0.25, 0.3) is 5.56 Å². The summed E-state index contributed by atoms with van der Waals surface area (Å²) < 4.78 is 15.8. The molecular formula is C19H18N2O5. The van der Waals surface area contributed by atoms with Gasteiger partial charge in [-0.2, -0.15) is 0 Å². The molecule has 0 saturated heterocycles. The molecule has 0 radical (unpaired) electrons. The first-order valence-corrected chi connectivity index (χ1v) is 7.88. The molecule has 3 rings (SSSR count). The van der Waals surface area contributed by atoms with E-state index in [1.165, 1.54) is 33.5 Å². The monoisotopic (exact) mass is 354 g/mol. The first-order valence-electron chi connectivity index (χ1n) is 7.88. The molecule has 0 aliphatic carbocycles. The van der Waals surface area contributed by atoms with Gasteiger partial charge in [-0.25, -0.2) is 0 Å². The Labute approximate surface area is 149 Å². The van der Waals surface area contributed by atoms with Gasteiger partial charge in [-0.05, 0) is 18.2 Å². The number of nitrogens with one attached hydrogen (secondary N) is 1. The van der Waals surface area contributed by atoms with Gasteiger partial charge in [-0.3, -0.25) is 14.6 Å². The predicted octanol–water partition coefficient (Wildman–Crippen LogP) is 2.34. The van der Waals surface area contributed by atoms with Crippen LogP contribution in [-0.4, -0.2) is 37.8 Å². The van der Waals surface area contributed by atoms with E-state index in [0.29, 0.717) is 29.2 Å². The number of aliphatic imine (C=N–C) groups is 1. The van der Waals surface area contributed by atoms with E-state index < -0.39 is 11.3 Å². The highest BCUT2D eigenvalue weighted by Gasteiger charge is 2.21. The van der Waals surface area contributed by atoms with Crippen molar-refractivity contribution in [3.05, 3.63) is 63.7 Å². The van der Waals surface area contributed by atoms with E-state index in [9.17, 15) is 9.59 Å². The summed E-state index contributed by atoms with van der Waals surface area (Å²) in [6, 6.07) is 4.59. The fourth-order valence-electron chi connectivity index (χ4n) is 2.74. The molecule has 7 heteroatoms. The van der Waals surface area contributed by atoms with Crippen molar-refractivity contribution in [2.45, 2.75) is 6.42 Å². The Balaban J connectivity index is 2.07. The summed E-state index contributed by atoms with van der Waals surface area (Å²) >= 11 is 0. The second kappa shape index (κ2) is 7.26. The summed E-state index contributed by atoms with van der Waals surface area (Å²) in [6.45, 7) is 0. The molecule has 0 unspecified atom stereocenters. The quantitative estimate of drug-likeness (QED) is 0.804. The van der Waals surface area contributed by atoms with Gasteiger partial charge in [-0.1, -0.05) is 6.08 Å². The number of ketones is 1. The number of aromatic amines is 1. The first kappa shape index (κ1) is 17.5. The van der Waals surface area contributed by atoms with Gasteiger partial charge in [0.15, 0.2) is 17.3 Å². The summed E-state index contributed by atoms with van der Waals surface area (Å²) in [6.07, 6.45) is 5.81. The van der Waals surface area contributed by atoms with Crippen LogP contribution in [0.25, 0.3) is 0 Å². The van der Waals surface area contributed by atoms with E-state index in [4.69, 9.17) is 14.2 Å². The number of ether oxygens (including phenoxy) is 3. The number of benzene rings is 1. The van der Waals surface area contributed by atoms with E-state index in [0.717, 1.165) is 5.71 Å². The molecule has 2 heterocycles. The number of nitrogens with zero attached hydrogens (tertiary/aromatic N) is 1. The Bertz CT molecular complexity index is 947. The summed E-state index contributed by atoms with van der Waals surface area (Å²) in [7, 11) is 4.40. The molecule has 0 saturated carbocycles. The Morgan fingerprint density at radius 1 is 1.08 bits per heavy atom. The van der Waals surface area contributed by atoms with E-state index in [2.05, 4.69) is 9.98 Å². The second-order valence-corrected chi connectivity index (χ2v) is 5.54.